The summed E-state index contributed by atoms with van der Waals surface area (Å²) in [6.07, 6.45) is 4.88. The Morgan fingerprint density at radius 2 is 2.00 bits per heavy atom. The van der Waals surface area contributed by atoms with Gasteiger partial charge in [-0.1, -0.05) is 11.3 Å². The van der Waals surface area contributed by atoms with Crippen LogP contribution in [-0.2, 0) is 6.54 Å². The van der Waals surface area contributed by atoms with Crippen molar-refractivity contribution >= 4 is 11.3 Å². The lowest BCUT2D eigenvalue weighted by Crippen LogP contribution is -1.94. The van der Waals surface area contributed by atoms with Crippen molar-refractivity contribution in [1.29, 1.82) is 0 Å². The second-order valence-electron chi connectivity index (χ2n) is 2.33. The first-order chi connectivity index (χ1) is 6.40. The van der Waals surface area contributed by atoms with Crippen LogP contribution in [0.3, 0.4) is 0 Å². The van der Waals surface area contributed by atoms with Crippen molar-refractivity contribution in [3.63, 3.8) is 0 Å². The highest BCUT2D eigenvalue weighted by Gasteiger charge is 2.04. The van der Waals surface area contributed by atoms with E-state index in [9.17, 15) is 0 Å². The van der Waals surface area contributed by atoms with E-state index in [-0.39, 0.29) is 0 Å². The van der Waals surface area contributed by atoms with Crippen molar-refractivity contribution in [1.82, 2.24) is 20.2 Å². The number of nitrogens with two attached hydrogens (primary N) is 1. The van der Waals surface area contributed by atoms with Gasteiger partial charge < -0.3 is 5.73 Å². The van der Waals surface area contributed by atoms with Gasteiger partial charge >= 0.3 is 0 Å². The third-order valence-electron chi connectivity index (χ3n) is 1.45. The standard InChI is InChI=1S/C7H7N5S/c8-1-6-11-12-7(13-6)5-2-9-4-10-3-5/h2-4H,1,8H2. The van der Waals surface area contributed by atoms with Gasteiger partial charge in [-0.2, -0.15) is 0 Å². The summed E-state index contributed by atoms with van der Waals surface area (Å²) < 4.78 is 0. The van der Waals surface area contributed by atoms with Crippen molar-refractivity contribution in [3.8, 4) is 10.6 Å². The largest absolute Gasteiger partial charge is 0.324 e. The SMILES string of the molecule is NCc1nnc(-c2cncnc2)s1. The van der Waals surface area contributed by atoms with Gasteiger partial charge in [0.25, 0.3) is 0 Å². The average molecular weight is 193 g/mol. The molecule has 2 aromatic heterocycles. The molecule has 0 amide bonds. The minimum Gasteiger partial charge on any atom is -0.324 e. The quantitative estimate of drug-likeness (QED) is 0.749. The molecular formula is C7H7N5S. The van der Waals surface area contributed by atoms with Crippen LogP contribution in [0.2, 0.25) is 0 Å². The highest BCUT2D eigenvalue weighted by molar-refractivity contribution is 7.14. The fourth-order valence-corrected chi connectivity index (χ4v) is 1.56. The maximum Gasteiger partial charge on any atom is 0.150 e. The summed E-state index contributed by atoms with van der Waals surface area (Å²) in [5.74, 6) is 0. The maximum atomic E-state index is 5.42. The van der Waals surface area contributed by atoms with Crippen molar-refractivity contribution in [3.05, 3.63) is 23.7 Å². The predicted molar refractivity (Wildman–Crippen MR) is 48.8 cm³/mol. The molecule has 66 valence electrons. The molecule has 0 spiro atoms. The van der Waals surface area contributed by atoms with E-state index in [2.05, 4.69) is 20.2 Å². The van der Waals surface area contributed by atoms with Crippen LogP contribution < -0.4 is 5.73 Å². The molecule has 2 aromatic rings. The lowest BCUT2D eigenvalue weighted by Gasteiger charge is -1.89. The van der Waals surface area contributed by atoms with Crippen LogP contribution in [0.1, 0.15) is 5.01 Å². The van der Waals surface area contributed by atoms with Crippen LogP contribution in [0.25, 0.3) is 10.6 Å². The van der Waals surface area contributed by atoms with Gasteiger partial charge in [0.1, 0.15) is 11.3 Å². The molecule has 2 heterocycles. The molecule has 0 aliphatic carbocycles. The van der Waals surface area contributed by atoms with Crippen LogP contribution in [0.4, 0.5) is 0 Å². The van der Waals surface area contributed by atoms with Gasteiger partial charge in [0.15, 0.2) is 5.01 Å². The Morgan fingerprint density at radius 1 is 1.23 bits per heavy atom. The first-order valence-electron chi connectivity index (χ1n) is 3.68. The highest BCUT2D eigenvalue weighted by Crippen LogP contribution is 2.20. The van der Waals surface area contributed by atoms with Crippen molar-refractivity contribution in [2.75, 3.05) is 0 Å². The predicted octanol–water partition coefficient (Wildman–Crippen LogP) is 0.454. The first-order valence-corrected chi connectivity index (χ1v) is 4.49. The van der Waals surface area contributed by atoms with Gasteiger partial charge in [-0.05, 0) is 0 Å². The van der Waals surface area contributed by atoms with Gasteiger partial charge in [0.2, 0.25) is 0 Å². The van der Waals surface area contributed by atoms with E-state index in [1.54, 1.807) is 12.4 Å². The van der Waals surface area contributed by atoms with E-state index in [0.29, 0.717) is 6.54 Å². The number of hydrogen-bond donors (Lipinski definition) is 1. The fourth-order valence-electron chi connectivity index (χ4n) is 0.862. The normalized spacial score (nSPS) is 10.2. The number of nitrogens with zero attached hydrogens (tertiary/aromatic N) is 4. The minimum atomic E-state index is 0.422. The summed E-state index contributed by atoms with van der Waals surface area (Å²) in [4.78, 5) is 7.79. The van der Waals surface area contributed by atoms with Gasteiger partial charge in [0.05, 0.1) is 0 Å². The molecule has 0 fully saturated rings. The fraction of sp³-hybridized carbons (Fsp3) is 0.143. The van der Waals surface area contributed by atoms with Gasteiger partial charge in [0, 0.05) is 24.5 Å². The lowest BCUT2D eigenvalue weighted by molar-refractivity contribution is 0.959. The average Bonchev–Trinajstić information content (AvgIpc) is 2.67. The Bertz CT molecular complexity index is 385. The van der Waals surface area contributed by atoms with E-state index in [0.717, 1.165) is 15.6 Å². The topological polar surface area (TPSA) is 77.6 Å². The second kappa shape index (κ2) is 3.55. The zero-order valence-electron chi connectivity index (χ0n) is 6.71. The molecule has 0 unspecified atom stereocenters. The summed E-state index contributed by atoms with van der Waals surface area (Å²) in [6.45, 7) is 0.422. The highest BCUT2D eigenvalue weighted by atomic mass is 32.1. The summed E-state index contributed by atoms with van der Waals surface area (Å²) in [7, 11) is 0. The molecule has 0 aliphatic heterocycles. The smallest absolute Gasteiger partial charge is 0.150 e. The molecule has 2 N–H and O–H groups in total. The van der Waals surface area contributed by atoms with Gasteiger partial charge in [-0.3, -0.25) is 0 Å². The zero-order valence-corrected chi connectivity index (χ0v) is 7.53. The molecule has 6 heteroatoms. The summed E-state index contributed by atoms with van der Waals surface area (Å²) in [5, 5.41) is 9.49. The third kappa shape index (κ3) is 1.68. The van der Waals surface area contributed by atoms with E-state index in [4.69, 9.17) is 5.73 Å². The van der Waals surface area contributed by atoms with Crippen LogP contribution in [0, 0.1) is 0 Å². The Labute approximate surface area is 78.7 Å². The molecule has 2 rings (SSSR count). The molecule has 5 nitrogen and oxygen atoms in total. The molecule has 0 saturated carbocycles. The van der Waals surface area contributed by atoms with Gasteiger partial charge in [-0.15, -0.1) is 10.2 Å². The van der Waals surface area contributed by atoms with Gasteiger partial charge in [-0.25, -0.2) is 9.97 Å². The Balaban J connectivity index is 2.36. The number of hydrogen-bond acceptors (Lipinski definition) is 6. The molecule has 0 atom stereocenters. The molecular weight excluding hydrogens is 186 g/mol. The molecule has 0 radical (unpaired) electrons. The maximum absolute atomic E-state index is 5.42. The van der Waals surface area contributed by atoms with Crippen LogP contribution in [0.5, 0.6) is 0 Å². The number of aromatic nitrogens is 4. The van der Waals surface area contributed by atoms with Crippen LogP contribution in [-0.4, -0.2) is 20.2 Å². The Morgan fingerprint density at radius 3 is 2.62 bits per heavy atom. The van der Waals surface area contributed by atoms with E-state index in [1.165, 1.54) is 17.7 Å². The monoisotopic (exact) mass is 193 g/mol. The number of rotatable bonds is 2. The molecule has 13 heavy (non-hydrogen) atoms. The van der Waals surface area contributed by atoms with Crippen molar-refractivity contribution in [2.45, 2.75) is 6.54 Å². The van der Waals surface area contributed by atoms with E-state index >= 15 is 0 Å². The third-order valence-corrected chi connectivity index (χ3v) is 2.44. The summed E-state index contributed by atoms with van der Waals surface area (Å²) in [6, 6.07) is 0. The zero-order chi connectivity index (χ0) is 9.10. The Kier molecular flexibility index (Phi) is 2.24. The summed E-state index contributed by atoms with van der Waals surface area (Å²) in [5.41, 5.74) is 6.29. The van der Waals surface area contributed by atoms with Crippen LogP contribution in [0.15, 0.2) is 18.7 Å². The molecule has 0 saturated heterocycles. The Hall–Kier alpha value is -1.40. The van der Waals surface area contributed by atoms with E-state index in [1.807, 2.05) is 0 Å². The van der Waals surface area contributed by atoms with E-state index < -0.39 is 0 Å². The molecule has 0 bridgehead atoms. The molecule has 0 aromatic carbocycles. The first kappa shape index (κ1) is 8.21. The minimum absolute atomic E-state index is 0.422. The lowest BCUT2D eigenvalue weighted by atomic mass is 10.4. The molecule has 0 aliphatic rings. The summed E-state index contributed by atoms with van der Waals surface area (Å²) >= 11 is 1.46. The van der Waals surface area contributed by atoms with Crippen LogP contribution >= 0.6 is 11.3 Å². The second-order valence-corrected chi connectivity index (χ2v) is 3.39. The van der Waals surface area contributed by atoms with Crippen molar-refractivity contribution in [2.24, 2.45) is 5.73 Å². The van der Waals surface area contributed by atoms with Crippen molar-refractivity contribution < 1.29 is 0 Å².